The Morgan fingerprint density at radius 3 is 2.78 bits per heavy atom. The third-order valence-electron chi connectivity index (χ3n) is 3.45. The number of rotatable bonds is 4. The van der Waals surface area contributed by atoms with Gasteiger partial charge < -0.3 is 11.1 Å². The van der Waals surface area contributed by atoms with Crippen LogP contribution in [0.15, 0.2) is 5.38 Å². The lowest BCUT2D eigenvalue weighted by Gasteiger charge is -2.33. The highest BCUT2D eigenvalue weighted by Gasteiger charge is 2.35. The second-order valence-electron chi connectivity index (χ2n) is 5.11. The lowest BCUT2D eigenvalue weighted by molar-refractivity contribution is -0.131. The van der Waals surface area contributed by atoms with E-state index in [1.165, 1.54) is 24.2 Å². The molecular formula is C12H20N4OS. The van der Waals surface area contributed by atoms with Gasteiger partial charge in [0, 0.05) is 5.38 Å². The number of aromatic nitrogens is 1. The van der Waals surface area contributed by atoms with Crippen LogP contribution < -0.4 is 11.1 Å². The first kappa shape index (κ1) is 13.3. The van der Waals surface area contributed by atoms with Gasteiger partial charge in [-0.25, -0.2) is 4.98 Å². The number of hydrogen-bond acceptors (Lipinski definition) is 5. The monoisotopic (exact) mass is 268 g/mol. The summed E-state index contributed by atoms with van der Waals surface area (Å²) in [5, 5.41) is 5.35. The highest BCUT2D eigenvalue weighted by atomic mass is 32.1. The van der Waals surface area contributed by atoms with E-state index in [1.54, 1.807) is 0 Å². The van der Waals surface area contributed by atoms with Crippen molar-refractivity contribution >= 4 is 22.4 Å². The van der Waals surface area contributed by atoms with Crippen LogP contribution in [-0.2, 0) is 11.3 Å². The molecule has 100 valence electrons. The van der Waals surface area contributed by atoms with E-state index in [1.807, 2.05) is 19.2 Å². The molecule has 5 nitrogen and oxygen atoms in total. The van der Waals surface area contributed by atoms with Crippen molar-refractivity contribution in [2.24, 2.45) is 0 Å². The van der Waals surface area contributed by atoms with Crippen LogP contribution in [0.25, 0.3) is 0 Å². The highest BCUT2D eigenvalue weighted by molar-refractivity contribution is 7.13. The number of amides is 1. The number of thiazole rings is 1. The second kappa shape index (κ2) is 5.24. The molecule has 0 aliphatic carbocycles. The van der Waals surface area contributed by atoms with Crippen LogP contribution in [0.2, 0.25) is 0 Å². The molecule has 6 heteroatoms. The van der Waals surface area contributed by atoms with Crippen LogP contribution in [0, 0.1) is 0 Å². The van der Waals surface area contributed by atoms with Gasteiger partial charge >= 0.3 is 0 Å². The third kappa shape index (κ3) is 2.81. The fourth-order valence-electron chi connectivity index (χ4n) is 2.21. The maximum atomic E-state index is 12.2. The smallest absolute Gasteiger partial charge is 0.240 e. The van der Waals surface area contributed by atoms with Crippen molar-refractivity contribution in [1.82, 2.24) is 15.2 Å². The van der Waals surface area contributed by atoms with E-state index in [-0.39, 0.29) is 5.91 Å². The lowest BCUT2D eigenvalue weighted by atomic mass is 10.0. The van der Waals surface area contributed by atoms with Crippen molar-refractivity contribution < 1.29 is 4.79 Å². The molecule has 0 bridgehead atoms. The number of anilines is 1. The van der Waals surface area contributed by atoms with Gasteiger partial charge in [0.05, 0.1) is 17.8 Å². The minimum absolute atomic E-state index is 0.0518. The Kier molecular flexibility index (Phi) is 3.87. The number of nitrogens with one attached hydrogen (secondary N) is 1. The summed E-state index contributed by atoms with van der Waals surface area (Å²) in [6.45, 7) is 6.41. The molecule has 1 aliphatic heterocycles. The summed E-state index contributed by atoms with van der Waals surface area (Å²) in [6.07, 6.45) is 2.36. The van der Waals surface area contributed by atoms with E-state index in [4.69, 9.17) is 5.73 Å². The molecule has 0 spiro atoms. The topological polar surface area (TPSA) is 71.2 Å². The zero-order valence-corrected chi connectivity index (χ0v) is 11.7. The molecule has 18 heavy (non-hydrogen) atoms. The Bertz CT molecular complexity index is 423. The molecule has 1 fully saturated rings. The highest BCUT2D eigenvalue weighted by Crippen LogP contribution is 2.21. The van der Waals surface area contributed by atoms with E-state index in [0.29, 0.717) is 11.7 Å². The van der Waals surface area contributed by atoms with Crippen molar-refractivity contribution in [2.75, 3.05) is 18.8 Å². The molecule has 1 amide bonds. The molecule has 1 aromatic heterocycles. The van der Waals surface area contributed by atoms with Crippen LogP contribution >= 0.6 is 11.3 Å². The Morgan fingerprint density at radius 1 is 1.56 bits per heavy atom. The first-order valence-electron chi connectivity index (χ1n) is 6.23. The molecule has 3 N–H and O–H groups in total. The molecular weight excluding hydrogens is 248 g/mol. The minimum Gasteiger partial charge on any atom is -0.375 e. The van der Waals surface area contributed by atoms with E-state index < -0.39 is 5.54 Å². The van der Waals surface area contributed by atoms with Crippen molar-refractivity contribution in [2.45, 2.75) is 38.8 Å². The molecule has 0 unspecified atom stereocenters. The number of nitrogens with zero attached hydrogens (tertiary/aromatic N) is 2. The van der Waals surface area contributed by atoms with Crippen molar-refractivity contribution in [1.29, 1.82) is 0 Å². The van der Waals surface area contributed by atoms with Gasteiger partial charge in [-0.15, -0.1) is 11.3 Å². The summed E-state index contributed by atoms with van der Waals surface area (Å²) < 4.78 is 0. The Morgan fingerprint density at radius 2 is 2.22 bits per heavy atom. The maximum absolute atomic E-state index is 12.2. The number of likely N-dealkylation sites (tertiary alicyclic amines) is 1. The predicted octanol–water partition coefficient (Wildman–Crippen LogP) is 1.22. The fraction of sp³-hybridized carbons (Fsp3) is 0.667. The predicted molar refractivity (Wildman–Crippen MR) is 73.3 cm³/mol. The molecule has 0 saturated carbocycles. The van der Waals surface area contributed by atoms with Gasteiger partial charge in [0.1, 0.15) is 0 Å². The summed E-state index contributed by atoms with van der Waals surface area (Å²) >= 11 is 1.39. The Labute approximate surface area is 111 Å². The first-order chi connectivity index (χ1) is 8.50. The number of carbonyl (C=O) groups excluding carboxylic acids is 1. The van der Waals surface area contributed by atoms with Crippen LogP contribution in [0.4, 0.5) is 5.13 Å². The van der Waals surface area contributed by atoms with Crippen molar-refractivity contribution in [3.63, 3.8) is 0 Å². The number of hydrogen-bond donors (Lipinski definition) is 2. The zero-order chi connectivity index (χ0) is 13.2. The molecule has 0 radical (unpaired) electrons. The fourth-order valence-corrected chi connectivity index (χ4v) is 2.77. The van der Waals surface area contributed by atoms with Gasteiger partial charge in [-0.2, -0.15) is 0 Å². The summed E-state index contributed by atoms with van der Waals surface area (Å²) in [4.78, 5) is 18.6. The molecule has 0 aromatic carbocycles. The SMILES string of the molecule is CC(C)(C(=O)NCc1csc(N)n1)N1CCCC1. The second-order valence-corrected chi connectivity index (χ2v) is 6.00. The van der Waals surface area contributed by atoms with Crippen LogP contribution in [0.3, 0.4) is 0 Å². The summed E-state index contributed by atoms with van der Waals surface area (Å²) in [7, 11) is 0. The van der Waals surface area contributed by atoms with Crippen molar-refractivity contribution in [3.05, 3.63) is 11.1 Å². The molecule has 0 atom stereocenters. The summed E-state index contributed by atoms with van der Waals surface area (Å²) in [5.74, 6) is 0.0518. The third-order valence-corrected chi connectivity index (χ3v) is 4.17. The average molecular weight is 268 g/mol. The Hall–Kier alpha value is -1.14. The van der Waals surface area contributed by atoms with Gasteiger partial charge in [-0.05, 0) is 39.8 Å². The zero-order valence-electron chi connectivity index (χ0n) is 10.9. The average Bonchev–Trinajstić information content (AvgIpc) is 2.96. The normalized spacial score (nSPS) is 17.0. The van der Waals surface area contributed by atoms with Gasteiger partial charge in [0.25, 0.3) is 0 Å². The van der Waals surface area contributed by atoms with E-state index >= 15 is 0 Å². The van der Waals surface area contributed by atoms with Gasteiger partial charge in [-0.3, -0.25) is 9.69 Å². The molecule has 1 aromatic rings. The van der Waals surface area contributed by atoms with Crippen molar-refractivity contribution in [3.8, 4) is 0 Å². The largest absolute Gasteiger partial charge is 0.375 e. The Balaban J connectivity index is 1.90. The molecule has 1 saturated heterocycles. The van der Waals surface area contributed by atoms with Crippen LogP contribution in [0.5, 0.6) is 0 Å². The molecule has 2 rings (SSSR count). The maximum Gasteiger partial charge on any atom is 0.240 e. The van der Waals surface area contributed by atoms with Crippen LogP contribution in [0.1, 0.15) is 32.4 Å². The van der Waals surface area contributed by atoms with Crippen LogP contribution in [-0.4, -0.2) is 34.4 Å². The minimum atomic E-state index is -0.446. The van der Waals surface area contributed by atoms with Gasteiger partial charge in [-0.1, -0.05) is 0 Å². The quantitative estimate of drug-likeness (QED) is 0.861. The van der Waals surface area contributed by atoms with Gasteiger partial charge in [0.15, 0.2) is 5.13 Å². The first-order valence-corrected chi connectivity index (χ1v) is 7.11. The summed E-state index contributed by atoms with van der Waals surface area (Å²) in [5.41, 5.74) is 5.93. The molecule has 1 aliphatic rings. The summed E-state index contributed by atoms with van der Waals surface area (Å²) in [6, 6.07) is 0. The number of carbonyl (C=O) groups is 1. The molecule has 2 heterocycles. The van der Waals surface area contributed by atoms with Gasteiger partial charge in [0.2, 0.25) is 5.91 Å². The standard InChI is InChI=1S/C12H20N4OS/c1-12(2,16-5-3-4-6-16)10(17)14-7-9-8-18-11(13)15-9/h8H,3-7H2,1-2H3,(H2,13,15)(H,14,17). The lowest BCUT2D eigenvalue weighted by Crippen LogP contribution is -2.53. The van der Waals surface area contributed by atoms with E-state index in [2.05, 4.69) is 15.2 Å². The number of nitrogens with two attached hydrogens (primary N) is 1. The number of nitrogen functional groups attached to an aromatic ring is 1. The van der Waals surface area contributed by atoms with E-state index in [0.717, 1.165) is 18.8 Å². The van der Waals surface area contributed by atoms with E-state index in [9.17, 15) is 4.79 Å².